The summed E-state index contributed by atoms with van der Waals surface area (Å²) < 4.78 is 24.2. The zero-order chi connectivity index (χ0) is 19.8. The van der Waals surface area contributed by atoms with Gasteiger partial charge in [-0.25, -0.2) is 4.39 Å². The average Bonchev–Trinajstić information content (AvgIpc) is 2.61. The quantitative estimate of drug-likeness (QED) is 0.784. The van der Waals surface area contributed by atoms with Gasteiger partial charge in [-0.05, 0) is 42.8 Å². The van der Waals surface area contributed by atoms with Gasteiger partial charge in [0.05, 0.1) is 11.6 Å². The predicted octanol–water partition coefficient (Wildman–Crippen LogP) is 3.44. The van der Waals surface area contributed by atoms with E-state index in [1.165, 1.54) is 18.2 Å². The van der Waals surface area contributed by atoms with Gasteiger partial charge in [0.15, 0.2) is 5.78 Å². The van der Waals surface area contributed by atoms with Gasteiger partial charge >= 0.3 is 0 Å². The smallest absolute Gasteiger partial charge is 0.254 e. The molecule has 0 unspecified atom stereocenters. The van der Waals surface area contributed by atoms with E-state index >= 15 is 0 Å². The lowest BCUT2D eigenvalue weighted by Gasteiger charge is -2.39. The highest BCUT2D eigenvalue weighted by molar-refractivity contribution is 6.32. The van der Waals surface area contributed by atoms with Gasteiger partial charge in [-0.2, -0.15) is 0 Å². The van der Waals surface area contributed by atoms with Crippen LogP contribution in [0, 0.1) is 18.7 Å². The van der Waals surface area contributed by atoms with Crippen molar-refractivity contribution in [2.24, 2.45) is 5.92 Å². The minimum absolute atomic E-state index is 0.00960. The fourth-order valence-corrected chi connectivity index (χ4v) is 3.68. The highest BCUT2D eigenvalue weighted by atomic mass is 35.5. The van der Waals surface area contributed by atoms with Crippen LogP contribution in [0.2, 0.25) is 5.02 Å². The Hall–Kier alpha value is -2.60. The third-order valence-electron chi connectivity index (χ3n) is 5.03. The summed E-state index contributed by atoms with van der Waals surface area (Å²) in [5.74, 6) is 0.839. The highest BCUT2D eigenvalue weighted by Gasteiger charge is 2.33. The van der Waals surface area contributed by atoms with Crippen LogP contribution in [0.1, 0.15) is 21.5 Å². The van der Waals surface area contributed by atoms with Gasteiger partial charge in [-0.1, -0.05) is 11.6 Å². The molecule has 2 aliphatic rings. The summed E-state index contributed by atoms with van der Waals surface area (Å²) >= 11 is 5.96. The van der Waals surface area contributed by atoms with Gasteiger partial charge in [-0.3, -0.25) is 9.59 Å². The normalized spacial score (nSPS) is 16.2. The number of carbonyl (C=O) groups excluding carboxylic acids is 2. The number of amides is 1. The molecule has 0 saturated carbocycles. The molecule has 28 heavy (non-hydrogen) atoms. The van der Waals surface area contributed by atoms with E-state index in [0.717, 1.165) is 11.1 Å². The zero-order valence-corrected chi connectivity index (χ0v) is 16.1. The first-order valence-corrected chi connectivity index (χ1v) is 9.43. The molecule has 4 rings (SSSR count). The molecule has 0 spiro atoms. The first kappa shape index (κ1) is 18.7. The van der Waals surface area contributed by atoms with E-state index in [0.29, 0.717) is 43.2 Å². The maximum absolute atomic E-state index is 13.1. The molecule has 7 heteroatoms. The van der Waals surface area contributed by atoms with E-state index in [1.54, 1.807) is 11.0 Å². The number of benzene rings is 2. The van der Waals surface area contributed by atoms with Crippen LogP contribution < -0.4 is 9.47 Å². The number of rotatable bonds is 4. The fraction of sp³-hybridized carbons (Fsp3) is 0.333. The lowest BCUT2D eigenvalue weighted by Crippen LogP contribution is -2.52. The van der Waals surface area contributed by atoms with Crippen LogP contribution in [0.5, 0.6) is 11.5 Å². The molecule has 0 bridgehead atoms. The number of ether oxygens (including phenoxy) is 2. The minimum atomic E-state index is -0.412. The van der Waals surface area contributed by atoms with E-state index < -0.39 is 5.82 Å². The van der Waals surface area contributed by atoms with E-state index in [4.69, 9.17) is 21.1 Å². The number of carbonyl (C=O) groups is 2. The van der Waals surface area contributed by atoms with Crippen molar-refractivity contribution < 1.29 is 23.5 Å². The van der Waals surface area contributed by atoms with Gasteiger partial charge in [0.1, 0.15) is 23.9 Å². The molecule has 146 valence electrons. The Labute approximate surface area is 167 Å². The summed E-state index contributed by atoms with van der Waals surface area (Å²) in [6, 6.07) is 7.60. The molecule has 0 aliphatic carbocycles. The largest absolute Gasteiger partial charge is 0.492 e. The van der Waals surface area contributed by atoms with Crippen molar-refractivity contribution in [1.82, 2.24) is 4.90 Å². The van der Waals surface area contributed by atoms with Gasteiger partial charge in [0.25, 0.3) is 5.91 Å². The Bertz CT molecular complexity index is 956. The van der Waals surface area contributed by atoms with Crippen molar-refractivity contribution in [3.05, 3.63) is 57.9 Å². The molecule has 2 aromatic rings. The monoisotopic (exact) mass is 403 g/mol. The number of hydrogen-bond acceptors (Lipinski definition) is 4. The minimum Gasteiger partial charge on any atom is -0.492 e. The van der Waals surface area contributed by atoms with Gasteiger partial charge in [0.2, 0.25) is 0 Å². The Morgan fingerprint density at radius 2 is 2.11 bits per heavy atom. The number of fused-ring (bicyclic) bond motifs is 1. The number of likely N-dealkylation sites (tertiary alicyclic amines) is 1. The summed E-state index contributed by atoms with van der Waals surface area (Å²) in [6.45, 7) is 3.50. The summed E-state index contributed by atoms with van der Waals surface area (Å²) in [4.78, 5) is 26.2. The molecular formula is C21H19ClFNO4. The number of Topliss-reactive ketones (excluding diaryl/α,β-unsaturated/α-hetero) is 1. The third kappa shape index (κ3) is 3.69. The number of nitrogens with zero attached hydrogens (tertiary/aromatic N) is 1. The first-order chi connectivity index (χ1) is 13.4. The van der Waals surface area contributed by atoms with Crippen LogP contribution in [0.15, 0.2) is 30.3 Å². The summed E-state index contributed by atoms with van der Waals surface area (Å²) in [5, 5.41) is 0.230. The first-order valence-electron chi connectivity index (χ1n) is 9.06. The predicted molar refractivity (Wildman–Crippen MR) is 102 cm³/mol. The lowest BCUT2D eigenvalue weighted by atomic mass is 9.95. The molecule has 0 atom stereocenters. The Balaban J connectivity index is 1.36. The van der Waals surface area contributed by atoms with Crippen LogP contribution in [0.3, 0.4) is 0 Å². The van der Waals surface area contributed by atoms with Crippen LogP contribution in [0.25, 0.3) is 0 Å². The van der Waals surface area contributed by atoms with E-state index in [1.807, 2.05) is 13.0 Å². The van der Waals surface area contributed by atoms with Crippen LogP contribution in [-0.2, 0) is 11.2 Å². The van der Waals surface area contributed by atoms with Crippen LogP contribution in [0.4, 0.5) is 4.39 Å². The van der Waals surface area contributed by atoms with Crippen molar-refractivity contribution in [3.63, 3.8) is 0 Å². The molecule has 1 amide bonds. The molecule has 0 N–H and O–H groups in total. The standard InChI is InChI=1S/C21H19ClFNO4/c1-12-4-20-14(5-16(25)11-28-20)6-17(12)21(26)24-8-13(9-24)10-27-19-3-2-15(23)7-18(19)22/h2-4,6-7,13H,5,8-11H2,1H3. The van der Waals surface area contributed by atoms with E-state index in [-0.39, 0.29) is 29.2 Å². The maximum atomic E-state index is 13.1. The van der Waals surface area contributed by atoms with Gasteiger partial charge in [0, 0.05) is 36.6 Å². The molecule has 5 nitrogen and oxygen atoms in total. The number of ketones is 1. The SMILES string of the molecule is Cc1cc2c(cc1C(=O)N1CC(COc3ccc(F)cc3Cl)C1)CC(=O)CO2. The number of hydrogen-bond donors (Lipinski definition) is 0. The molecule has 1 fully saturated rings. The van der Waals surface area contributed by atoms with Crippen molar-refractivity contribution in [2.75, 3.05) is 26.3 Å². The van der Waals surface area contributed by atoms with E-state index in [9.17, 15) is 14.0 Å². The second kappa shape index (κ2) is 7.43. The Kier molecular flexibility index (Phi) is 4.98. The molecule has 2 heterocycles. The summed E-state index contributed by atoms with van der Waals surface area (Å²) in [7, 11) is 0. The molecule has 0 aromatic heterocycles. The van der Waals surface area contributed by atoms with Crippen molar-refractivity contribution in [3.8, 4) is 11.5 Å². The molecular weight excluding hydrogens is 385 g/mol. The summed E-state index contributed by atoms with van der Waals surface area (Å²) in [6.07, 6.45) is 0.296. The second-order valence-corrected chi connectivity index (χ2v) is 7.65. The molecule has 1 saturated heterocycles. The van der Waals surface area contributed by atoms with Crippen molar-refractivity contribution in [2.45, 2.75) is 13.3 Å². The van der Waals surface area contributed by atoms with Crippen LogP contribution in [-0.4, -0.2) is 42.9 Å². The molecule has 2 aliphatic heterocycles. The zero-order valence-electron chi connectivity index (χ0n) is 15.3. The number of halogens is 2. The molecule has 0 radical (unpaired) electrons. The number of aryl methyl sites for hydroxylation is 1. The molecule has 2 aromatic carbocycles. The third-order valence-corrected chi connectivity index (χ3v) is 5.32. The average molecular weight is 404 g/mol. The fourth-order valence-electron chi connectivity index (χ4n) is 3.46. The Morgan fingerprint density at radius 3 is 2.86 bits per heavy atom. The maximum Gasteiger partial charge on any atom is 0.254 e. The van der Waals surface area contributed by atoms with Gasteiger partial charge < -0.3 is 14.4 Å². The van der Waals surface area contributed by atoms with E-state index in [2.05, 4.69) is 0 Å². The lowest BCUT2D eigenvalue weighted by molar-refractivity contribution is -0.121. The van der Waals surface area contributed by atoms with Gasteiger partial charge in [-0.15, -0.1) is 0 Å². The van der Waals surface area contributed by atoms with Crippen LogP contribution >= 0.6 is 11.6 Å². The second-order valence-electron chi connectivity index (χ2n) is 7.24. The summed E-state index contributed by atoms with van der Waals surface area (Å²) in [5.41, 5.74) is 2.19. The van der Waals surface area contributed by atoms with Crippen molar-refractivity contribution >= 4 is 23.3 Å². The van der Waals surface area contributed by atoms with Crippen molar-refractivity contribution in [1.29, 1.82) is 0 Å². The highest BCUT2D eigenvalue weighted by Crippen LogP contribution is 2.30. The Morgan fingerprint density at radius 1 is 1.32 bits per heavy atom. The topological polar surface area (TPSA) is 55.8 Å².